The molecule has 1 saturated heterocycles. The smallest absolute Gasteiger partial charge is 0.229 e. The summed E-state index contributed by atoms with van der Waals surface area (Å²) in [6.45, 7) is 0.577. The van der Waals surface area contributed by atoms with E-state index in [1.807, 2.05) is 18.2 Å². The Balaban J connectivity index is 2.00. The number of aromatic nitrogens is 1. The van der Waals surface area contributed by atoms with E-state index in [2.05, 4.69) is 4.98 Å². The molecule has 1 aromatic carbocycles. The van der Waals surface area contributed by atoms with Gasteiger partial charge in [-0.25, -0.2) is 4.98 Å². The maximum absolute atomic E-state index is 11.9. The van der Waals surface area contributed by atoms with Gasteiger partial charge in [0.05, 0.1) is 11.8 Å². The predicted octanol–water partition coefficient (Wildman–Crippen LogP) is 1.65. The van der Waals surface area contributed by atoms with E-state index < -0.39 is 0 Å². The molecule has 1 atom stereocenters. The summed E-state index contributed by atoms with van der Waals surface area (Å²) in [5, 5.41) is 9.84. The second-order valence-corrected chi connectivity index (χ2v) is 5.57. The Morgan fingerprint density at radius 2 is 2.42 bits per heavy atom. The van der Waals surface area contributed by atoms with Crippen LogP contribution in [0.3, 0.4) is 0 Å². The number of methoxy groups -OCH3 is 1. The largest absolute Gasteiger partial charge is 0.494 e. The number of ether oxygens (including phenoxy) is 1. The van der Waals surface area contributed by atoms with E-state index in [9.17, 15) is 4.79 Å². The van der Waals surface area contributed by atoms with Gasteiger partial charge in [-0.15, -0.1) is 0 Å². The number of rotatable bonds is 3. The quantitative estimate of drug-likeness (QED) is 0.927. The van der Waals surface area contributed by atoms with Crippen molar-refractivity contribution in [3.8, 4) is 5.75 Å². The van der Waals surface area contributed by atoms with Crippen molar-refractivity contribution >= 4 is 32.6 Å². The van der Waals surface area contributed by atoms with Gasteiger partial charge in [-0.1, -0.05) is 17.4 Å². The van der Waals surface area contributed by atoms with Crippen molar-refractivity contribution in [3.05, 3.63) is 18.2 Å². The molecule has 0 radical (unpaired) electrons. The Morgan fingerprint density at radius 1 is 1.58 bits per heavy atom. The molecule has 3 rings (SSSR count). The molecule has 1 fully saturated rings. The fourth-order valence-corrected chi connectivity index (χ4v) is 3.29. The molecule has 0 saturated carbocycles. The lowest BCUT2D eigenvalue weighted by Crippen LogP contribution is -2.24. The second-order valence-electron chi connectivity index (χ2n) is 4.56. The van der Waals surface area contributed by atoms with Gasteiger partial charge in [0.25, 0.3) is 0 Å². The molecular weight excluding hydrogens is 264 g/mol. The first-order chi connectivity index (χ1) is 9.22. The lowest BCUT2D eigenvalue weighted by atomic mass is 10.1. The van der Waals surface area contributed by atoms with Gasteiger partial charge in [-0.2, -0.15) is 0 Å². The zero-order valence-corrected chi connectivity index (χ0v) is 11.3. The van der Waals surface area contributed by atoms with Gasteiger partial charge in [-0.3, -0.25) is 9.69 Å². The fourth-order valence-electron chi connectivity index (χ4n) is 2.28. The number of thiazole rings is 1. The topological polar surface area (TPSA) is 62.7 Å². The second kappa shape index (κ2) is 4.79. The van der Waals surface area contributed by atoms with Crippen molar-refractivity contribution in [1.82, 2.24) is 4.98 Å². The van der Waals surface area contributed by atoms with Gasteiger partial charge in [-0.05, 0) is 12.1 Å². The number of para-hydroxylation sites is 1. The summed E-state index contributed by atoms with van der Waals surface area (Å²) in [6.07, 6.45) is 0.392. The van der Waals surface area contributed by atoms with E-state index in [4.69, 9.17) is 9.84 Å². The van der Waals surface area contributed by atoms with Crippen LogP contribution < -0.4 is 9.64 Å². The first kappa shape index (κ1) is 12.4. The number of aliphatic hydroxyl groups is 1. The van der Waals surface area contributed by atoms with Gasteiger partial charge in [0.2, 0.25) is 5.91 Å². The van der Waals surface area contributed by atoms with Crippen molar-refractivity contribution < 1.29 is 14.6 Å². The summed E-state index contributed by atoms with van der Waals surface area (Å²) >= 11 is 1.47. The Bertz CT molecular complexity index is 625. The monoisotopic (exact) mass is 278 g/mol. The fraction of sp³-hybridized carbons (Fsp3) is 0.385. The van der Waals surface area contributed by atoms with Crippen LogP contribution in [-0.4, -0.2) is 36.3 Å². The van der Waals surface area contributed by atoms with Crippen LogP contribution in [0, 0.1) is 5.92 Å². The molecule has 0 bridgehead atoms. The van der Waals surface area contributed by atoms with Crippen molar-refractivity contribution in [1.29, 1.82) is 0 Å². The number of carbonyl (C=O) groups is 1. The lowest BCUT2D eigenvalue weighted by molar-refractivity contribution is -0.117. The van der Waals surface area contributed by atoms with Crippen LogP contribution in [0.1, 0.15) is 6.42 Å². The molecule has 19 heavy (non-hydrogen) atoms. The molecular formula is C13H14N2O3S. The Labute approximate surface area is 114 Å². The van der Waals surface area contributed by atoms with Gasteiger partial charge >= 0.3 is 0 Å². The third-order valence-electron chi connectivity index (χ3n) is 3.28. The molecule has 1 N–H and O–H groups in total. The number of hydrogen-bond acceptors (Lipinski definition) is 5. The Hall–Kier alpha value is -1.66. The Morgan fingerprint density at radius 3 is 3.11 bits per heavy atom. The maximum atomic E-state index is 11.9. The van der Waals surface area contributed by atoms with Crippen molar-refractivity contribution in [2.75, 3.05) is 25.2 Å². The Kier molecular flexibility index (Phi) is 3.12. The minimum absolute atomic E-state index is 0.0152. The van der Waals surface area contributed by atoms with E-state index >= 15 is 0 Å². The zero-order chi connectivity index (χ0) is 13.4. The minimum atomic E-state index is 0.0152. The molecule has 0 spiro atoms. The van der Waals surface area contributed by atoms with Crippen molar-refractivity contribution in [3.63, 3.8) is 0 Å². The van der Waals surface area contributed by atoms with Crippen LogP contribution in [0.5, 0.6) is 5.75 Å². The summed E-state index contributed by atoms with van der Waals surface area (Å²) in [5.74, 6) is 0.754. The number of carbonyl (C=O) groups excluding carboxylic acids is 1. The van der Waals surface area contributed by atoms with E-state index in [-0.39, 0.29) is 18.4 Å². The zero-order valence-electron chi connectivity index (χ0n) is 10.5. The van der Waals surface area contributed by atoms with Gasteiger partial charge in [0.1, 0.15) is 11.3 Å². The van der Waals surface area contributed by atoms with Crippen LogP contribution in [0.15, 0.2) is 18.2 Å². The van der Waals surface area contributed by atoms with Crippen molar-refractivity contribution in [2.24, 2.45) is 5.92 Å². The standard InChI is InChI=1S/C13H14N2O3S/c1-18-9-3-2-4-10-12(9)14-13(19-10)15-6-8(7-16)5-11(15)17/h2-4,8,16H,5-7H2,1H3. The number of anilines is 1. The molecule has 1 amide bonds. The molecule has 6 heteroatoms. The van der Waals surface area contributed by atoms with Crippen LogP contribution in [0.4, 0.5) is 5.13 Å². The van der Waals surface area contributed by atoms with Gasteiger partial charge < -0.3 is 9.84 Å². The highest BCUT2D eigenvalue weighted by atomic mass is 32.1. The van der Waals surface area contributed by atoms with E-state index in [1.165, 1.54) is 11.3 Å². The number of aliphatic hydroxyl groups excluding tert-OH is 1. The minimum Gasteiger partial charge on any atom is -0.494 e. The van der Waals surface area contributed by atoms with E-state index in [0.717, 1.165) is 10.2 Å². The van der Waals surface area contributed by atoms with Gasteiger partial charge in [0, 0.05) is 25.5 Å². The molecule has 100 valence electrons. The molecule has 2 heterocycles. The van der Waals surface area contributed by atoms with Crippen LogP contribution in [-0.2, 0) is 4.79 Å². The molecule has 1 aliphatic rings. The number of benzene rings is 1. The molecule has 2 aromatic rings. The third kappa shape index (κ3) is 2.06. The van der Waals surface area contributed by atoms with E-state index in [1.54, 1.807) is 12.0 Å². The lowest BCUT2D eigenvalue weighted by Gasteiger charge is -2.11. The van der Waals surface area contributed by atoms with E-state index in [0.29, 0.717) is 23.8 Å². The number of nitrogens with zero attached hydrogens (tertiary/aromatic N) is 2. The summed E-state index contributed by atoms with van der Waals surface area (Å²) in [7, 11) is 1.61. The summed E-state index contributed by atoms with van der Waals surface area (Å²) in [6, 6.07) is 5.72. The van der Waals surface area contributed by atoms with Crippen LogP contribution in [0.2, 0.25) is 0 Å². The molecule has 1 aromatic heterocycles. The maximum Gasteiger partial charge on any atom is 0.229 e. The molecule has 1 aliphatic heterocycles. The number of fused-ring (bicyclic) bond motifs is 1. The SMILES string of the molecule is COc1cccc2sc(N3CC(CO)CC3=O)nc12. The van der Waals surface area contributed by atoms with Crippen molar-refractivity contribution in [2.45, 2.75) is 6.42 Å². The summed E-state index contributed by atoms with van der Waals surface area (Å²) in [5.41, 5.74) is 0.783. The van der Waals surface area contributed by atoms with Crippen LogP contribution in [0.25, 0.3) is 10.2 Å². The average molecular weight is 278 g/mol. The molecule has 1 unspecified atom stereocenters. The predicted molar refractivity (Wildman–Crippen MR) is 73.7 cm³/mol. The first-order valence-electron chi connectivity index (χ1n) is 6.07. The molecule has 0 aliphatic carbocycles. The van der Waals surface area contributed by atoms with Crippen LogP contribution >= 0.6 is 11.3 Å². The molecule has 5 nitrogen and oxygen atoms in total. The average Bonchev–Trinajstić information content (AvgIpc) is 3.00. The summed E-state index contributed by atoms with van der Waals surface area (Å²) in [4.78, 5) is 18.1. The first-order valence-corrected chi connectivity index (χ1v) is 6.89. The number of amides is 1. The highest BCUT2D eigenvalue weighted by Gasteiger charge is 2.32. The normalized spacial score (nSPS) is 19.4. The summed E-state index contributed by atoms with van der Waals surface area (Å²) < 4.78 is 6.27. The number of hydrogen-bond donors (Lipinski definition) is 1. The van der Waals surface area contributed by atoms with Gasteiger partial charge in [0.15, 0.2) is 5.13 Å². The highest BCUT2D eigenvalue weighted by molar-refractivity contribution is 7.22. The highest BCUT2D eigenvalue weighted by Crippen LogP contribution is 2.36. The third-order valence-corrected chi connectivity index (χ3v) is 4.33.